The minimum Gasteiger partial charge on any atom is -0.481 e. The molecule has 1 amide bonds. The van der Waals surface area contributed by atoms with E-state index in [0.29, 0.717) is 6.42 Å². The van der Waals surface area contributed by atoms with Gasteiger partial charge in [0.25, 0.3) is 5.91 Å². The molecule has 1 rings (SSSR count). The number of carboxylic acids is 1. The molecule has 0 saturated heterocycles. The molecule has 1 aromatic rings. The lowest BCUT2D eigenvalue weighted by atomic mass is 10.1. The third-order valence-corrected chi connectivity index (χ3v) is 2.45. The molecule has 1 atom stereocenters. The minimum absolute atomic E-state index is 0.105. The Morgan fingerprint density at radius 2 is 2.00 bits per heavy atom. The summed E-state index contributed by atoms with van der Waals surface area (Å²) in [5, 5.41) is 11.3. The molecule has 0 saturated carbocycles. The Morgan fingerprint density at radius 3 is 2.56 bits per heavy atom. The van der Waals surface area contributed by atoms with Crippen LogP contribution in [0.4, 0.5) is 0 Å². The molecule has 0 aromatic heterocycles. The first-order valence-corrected chi connectivity index (χ1v) is 5.71. The van der Waals surface area contributed by atoms with Crippen LogP contribution < -0.4 is 5.32 Å². The van der Waals surface area contributed by atoms with Crippen molar-refractivity contribution >= 4 is 11.9 Å². The topological polar surface area (TPSA) is 66.4 Å². The molecule has 1 unspecified atom stereocenters. The van der Waals surface area contributed by atoms with Gasteiger partial charge in [0.15, 0.2) is 0 Å². The lowest BCUT2D eigenvalue weighted by molar-refractivity contribution is -0.141. The highest BCUT2D eigenvalue weighted by Crippen LogP contribution is 2.00. The molecule has 0 heterocycles. The van der Waals surface area contributed by atoms with E-state index >= 15 is 0 Å². The van der Waals surface area contributed by atoms with E-state index in [-0.39, 0.29) is 6.54 Å². The average molecular weight is 245 g/mol. The molecule has 4 heteroatoms. The van der Waals surface area contributed by atoms with Gasteiger partial charge in [0.05, 0.1) is 5.92 Å². The van der Waals surface area contributed by atoms with Crippen LogP contribution in [0.3, 0.4) is 0 Å². The summed E-state index contributed by atoms with van der Waals surface area (Å²) in [6.07, 6.45) is 0.474. The summed E-state index contributed by atoms with van der Waals surface area (Å²) in [7, 11) is 0. The Labute approximate surface area is 106 Å². The van der Waals surface area contributed by atoms with E-state index in [2.05, 4.69) is 17.2 Å². The molecule has 0 spiro atoms. The smallest absolute Gasteiger partial charge is 0.308 e. The average Bonchev–Trinajstić information content (AvgIpc) is 2.38. The first kappa shape index (κ1) is 13.8. The molecule has 0 radical (unpaired) electrons. The van der Waals surface area contributed by atoms with Gasteiger partial charge in [-0.3, -0.25) is 9.59 Å². The van der Waals surface area contributed by atoms with E-state index in [9.17, 15) is 9.59 Å². The molecule has 1 aromatic carbocycles. The van der Waals surface area contributed by atoms with Crippen molar-refractivity contribution in [3.8, 4) is 11.8 Å². The molecule has 2 N–H and O–H groups in total. The number of carboxylic acid groups (broad SMARTS) is 1. The SMILES string of the molecule is CCC(CNC(=O)C#Cc1ccccc1)C(=O)O. The number of aliphatic carboxylic acids is 1. The van der Waals surface area contributed by atoms with Gasteiger partial charge in [0.1, 0.15) is 0 Å². The number of benzene rings is 1. The normalized spacial score (nSPS) is 10.9. The van der Waals surface area contributed by atoms with Gasteiger partial charge in [-0.1, -0.05) is 31.0 Å². The van der Waals surface area contributed by atoms with Gasteiger partial charge in [0, 0.05) is 18.0 Å². The summed E-state index contributed by atoms with van der Waals surface area (Å²) in [4.78, 5) is 22.1. The van der Waals surface area contributed by atoms with Crippen molar-refractivity contribution in [1.29, 1.82) is 0 Å². The molecule has 94 valence electrons. The third-order valence-electron chi connectivity index (χ3n) is 2.45. The first-order chi connectivity index (χ1) is 8.63. The Kier molecular flexibility index (Phi) is 5.46. The van der Waals surface area contributed by atoms with Crippen molar-refractivity contribution in [2.75, 3.05) is 6.54 Å². The monoisotopic (exact) mass is 245 g/mol. The minimum atomic E-state index is -0.909. The van der Waals surface area contributed by atoms with Crippen molar-refractivity contribution in [3.63, 3.8) is 0 Å². The largest absolute Gasteiger partial charge is 0.481 e. The maximum absolute atomic E-state index is 11.4. The zero-order valence-corrected chi connectivity index (χ0v) is 10.1. The van der Waals surface area contributed by atoms with E-state index in [0.717, 1.165) is 5.56 Å². The number of rotatable bonds is 4. The van der Waals surface area contributed by atoms with Crippen LogP contribution in [0.2, 0.25) is 0 Å². The maximum Gasteiger partial charge on any atom is 0.308 e. The summed E-state index contributed by atoms with van der Waals surface area (Å²) in [5.74, 6) is 3.20. The van der Waals surface area contributed by atoms with E-state index in [1.807, 2.05) is 18.2 Å². The molecular formula is C14H15NO3. The Hall–Kier alpha value is -2.28. The molecule has 0 aliphatic rings. The van der Waals surface area contributed by atoms with Crippen molar-refractivity contribution in [2.24, 2.45) is 5.92 Å². The summed E-state index contributed by atoms with van der Waals surface area (Å²) in [6.45, 7) is 1.87. The zero-order valence-electron chi connectivity index (χ0n) is 10.1. The van der Waals surface area contributed by atoms with Crippen LogP contribution in [0.5, 0.6) is 0 Å². The van der Waals surface area contributed by atoms with Crippen LogP contribution in [-0.2, 0) is 9.59 Å². The maximum atomic E-state index is 11.4. The number of carbonyl (C=O) groups excluding carboxylic acids is 1. The van der Waals surface area contributed by atoms with Crippen LogP contribution >= 0.6 is 0 Å². The number of nitrogens with one attached hydrogen (secondary N) is 1. The molecular weight excluding hydrogens is 230 g/mol. The second-order valence-corrected chi connectivity index (χ2v) is 3.77. The Bertz CT molecular complexity index is 471. The van der Waals surface area contributed by atoms with Crippen LogP contribution in [-0.4, -0.2) is 23.5 Å². The molecule has 0 bridgehead atoms. The lowest BCUT2D eigenvalue weighted by Crippen LogP contribution is -2.31. The fraction of sp³-hybridized carbons (Fsp3) is 0.286. The predicted octanol–water partition coefficient (Wildman–Crippen LogP) is 1.27. The molecule has 18 heavy (non-hydrogen) atoms. The Morgan fingerprint density at radius 1 is 1.33 bits per heavy atom. The fourth-order valence-corrected chi connectivity index (χ4v) is 1.32. The van der Waals surface area contributed by atoms with Gasteiger partial charge >= 0.3 is 5.97 Å². The van der Waals surface area contributed by atoms with Crippen LogP contribution in [0.15, 0.2) is 30.3 Å². The predicted molar refractivity (Wildman–Crippen MR) is 67.7 cm³/mol. The first-order valence-electron chi connectivity index (χ1n) is 5.71. The molecule has 4 nitrogen and oxygen atoms in total. The van der Waals surface area contributed by atoms with Crippen molar-refractivity contribution in [3.05, 3.63) is 35.9 Å². The fourth-order valence-electron chi connectivity index (χ4n) is 1.32. The Balaban J connectivity index is 2.48. The second kappa shape index (κ2) is 7.13. The van der Waals surface area contributed by atoms with E-state index in [1.54, 1.807) is 19.1 Å². The third kappa shape index (κ3) is 4.71. The van der Waals surface area contributed by atoms with Crippen molar-refractivity contribution in [1.82, 2.24) is 5.32 Å². The highest BCUT2D eigenvalue weighted by Gasteiger charge is 2.14. The number of hydrogen-bond acceptors (Lipinski definition) is 2. The lowest BCUT2D eigenvalue weighted by Gasteiger charge is -2.08. The van der Waals surface area contributed by atoms with Gasteiger partial charge in [-0.15, -0.1) is 0 Å². The number of carbonyl (C=O) groups is 2. The summed E-state index contributed by atoms with van der Waals surface area (Å²) >= 11 is 0. The standard InChI is InChI=1S/C14H15NO3/c1-2-12(14(17)18)10-15-13(16)9-8-11-6-4-3-5-7-11/h3-7,12H,2,10H2,1H3,(H,15,16)(H,17,18). The van der Waals surface area contributed by atoms with Crippen molar-refractivity contribution in [2.45, 2.75) is 13.3 Å². The molecule has 0 aliphatic carbocycles. The van der Waals surface area contributed by atoms with Crippen molar-refractivity contribution < 1.29 is 14.7 Å². The number of amides is 1. The number of hydrogen-bond donors (Lipinski definition) is 2. The van der Waals surface area contributed by atoms with Crippen LogP contribution in [0.25, 0.3) is 0 Å². The summed E-state index contributed by atoms with van der Waals surface area (Å²) < 4.78 is 0. The zero-order chi connectivity index (χ0) is 13.4. The van der Waals surface area contributed by atoms with E-state index in [1.165, 1.54) is 0 Å². The highest BCUT2D eigenvalue weighted by molar-refractivity contribution is 5.94. The van der Waals surface area contributed by atoms with Gasteiger partial charge in [-0.2, -0.15) is 0 Å². The second-order valence-electron chi connectivity index (χ2n) is 3.77. The quantitative estimate of drug-likeness (QED) is 0.785. The molecule has 0 fully saturated rings. The van der Waals surface area contributed by atoms with Crippen LogP contribution in [0.1, 0.15) is 18.9 Å². The van der Waals surface area contributed by atoms with E-state index in [4.69, 9.17) is 5.11 Å². The van der Waals surface area contributed by atoms with Crippen LogP contribution in [0, 0.1) is 17.8 Å². The van der Waals surface area contributed by atoms with Gasteiger partial charge < -0.3 is 10.4 Å². The van der Waals surface area contributed by atoms with E-state index < -0.39 is 17.8 Å². The van der Waals surface area contributed by atoms with Gasteiger partial charge in [0.2, 0.25) is 0 Å². The van der Waals surface area contributed by atoms with Gasteiger partial charge in [-0.05, 0) is 18.6 Å². The summed E-state index contributed by atoms with van der Waals surface area (Å²) in [5.41, 5.74) is 0.748. The highest BCUT2D eigenvalue weighted by atomic mass is 16.4. The molecule has 0 aliphatic heterocycles. The summed E-state index contributed by atoms with van der Waals surface area (Å²) in [6, 6.07) is 9.13. The van der Waals surface area contributed by atoms with Gasteiger partial charge in [-0.25, -0.2) is 0 Å².